The first-order chi connectivity index (χ1) is 7.04. The Morgan fingerprint density at radius 2 is 2.33 bits per heavy atom. The van der Waals surface area contributed by atoms with E-state index in [-0.39, 0.29) is 10.8 Å². The fourth-order valence-electron chi connectivity index (χ4n) is 1.00. The van der Waals surface area contributed by atoms with Crippen LogP contribution in [0.3, 0.4) is 0 Å². The Morgan fingerprint density at radius 3 is 2.87 bits per heavy atom. The van der Waals surface area contributed by atoms with Gasteiger partial charge in [-0.05, 0) is 25.1 Å². The zero-order valence-electron chi connectivity index (χ0n) is 8.24. The number of aromatic carboxylic acids is 1. The van der Waals surface area contributed by atoms with Gasteiger partial charge in [0.05, 0.1) is 5.56 Å². The van der Waals surface area contributed by atoms with E-state index < -0.39 is 11.8 Å². The van der Waals surface area contributed by atoms with Gasteiger partial charge in [0.1, 0.15) is 5.82 Å². The monoisotopic (exact) mass is 226 g/mol. The highest BCUT2D eigenvalue weighted by molar-refractivity contribution is 8.00. The van der Waals surface area contributed by atoms with Crippen molar-refractivity contribution in [3.05, 3.63) is 42.2 Å². The number of carboxylic acids is 1. The molecule has 0 amide bonds. The molecular formula is C11H11FO2S. The first-order valence-corrected chi connectivity index (χ1v) is 5.24. The lowest BCUT2D eigenvalue weighted by atomic mass is 10.2. The minimum Gasteiger partial charge on any atom is -0.478 e. The van der Waals surface area contributed by atoms with E-state index in [2.05, 4.69) is 6.58 Å². The van der Waals surface area contributed by atoms with Gasteiger partial charge < -0.3 is 5.11 Å². The van der Waals surface area contributed by atoms with Gasteiger partial charge in [-0.1, -0.05) is 6.08 Å². The van der Waals surface area contributed by atoms with Gasteiger partial charge in [-0.3, -0.25) is 0 Å². The van der Waals surface area contributed by atoms with E-state index in [4.69, 9.17) is 5.11 Å². The van der Waals surface area contributed by atoms with Crippen molar-refractivity contribution < 1.29 is 14.3 Å². The molecule has 0 saturated carbocycles. The topological polar surface area (TPSA) is 37.3 Å². The predicted molar refractivity (Wildman–Crippen MR) is 58.9 cm³/mol. The van der Waals surface area contributed by atoms with E-state index in [1.807, 2.05) is 6.92 Å². The molecule has 0 heterocycles. The summed E-state index contributed by atoms with van der Waals surface area (Å²) in [6.45, 7) is 5.55. The van der Waals surface area contributed by atoms with Crippen molar-refractivity contribution in [1.82, 2.24) is 0 Å². The molecule has 0 spiro atoms. The lowest BCUT2D eigenvalue weighted by Gasteiger charge is -2.06. The van der Waals surface area contributed by atoms with E-state index in [1.165, 1.54) is 23.9 Å². The number of benzene rings is 1. The molecule has 0 bridgehead atoms. The van der Waals surface area contributed by atoms with Gasteiger partial charge in [0.25, 0.3) is 0 Å². The van der Waals surface area contributed by atoms with Crippen LogP contribution in [-0.2, 0) is 0 Å². The van der Waals surface area contributed by atoms with Crippen LogP contribution in [0.1, 0.15) is 17.3 Å². The number of halogens is 1. The molecular weight excluding hydrogens is 215 g/mol. The van der Waals surface area contributed by atoms with Crippen molar-refractivity contribution in [3.63, 3.8) is 0 Å². The van der Waals surface area contributed by atoms with Crippen LogP contribution in [0.2, 0.25) is 0 Å². The summed E-state index contributed by atoms with van der Waals surface area (Å²) in [4.78, 5) is 11.4. The van der Waals surface area contributed by atoms with Crippen molar-refractivity contribution in [1.29, 1.82) is 0 Å². The summed E-state index contributed by atoms with van der Waals surface area (Å²) in [5.74, 6) is -1.96. The summed E-state index contributed by atoms with van der Waals surface area (Å²) in [5, 5.41) is 8.88. The maximum atomic E-state index is 13.0. The van der Waals surface area contributed by atoms with E-state index in [9.17, 15) is 9.18 Å². The number of hydrogen-bond acceptors (Lipinski definition) is 2. The summed E-state index contributed by atoms with van der Waals surface area (Å²) >= 11 is 1.44. The van der Waals surface area contributed by atoms with Crippen LogP contribution in [0.5, 0.6) is 0 Å². The molecule has 1 rings (SSSR count). The summed E-state index contributed by atoms with van der Waals surface area (Å²) in [6.07, 6.45) is 1.74. The van der Waals surface area contributed by atoms with Gasteiger partial charge in [0.2, 0.25) is 0 Å². The van der Waals surface area contributed by atoms with Gasteiger partial charge in [0, 0.05) is 10.1 Å². The van der Waals surface area contributed by atoms with E-state index >= 15 is 0 Å². The molecule has 0 aliphatic carbocycles. The Hall–Kier alpha value is -1.29. The van der Waals surface area contributed by atoms with Crippen molar-refractivity contribution in [2.45, 2.75) is 17.1 Å². The molecule has 1 unspecified atom stereocenters. The van der Waals surface area contributed by atoms with Crippen molar-refractivity contribution >= 4 is 17.7 Å². The molecule has 0 fully saturated rings. The van der Waals surface area contributed by atoms with Gasteiger partial charge >= 0.3 is 5.97 Å². The predicted octanol–water partition coefficient (Wildman–Crippen LogP) is 3.19. The Balaban J connectivity index is 2.97. The lowest BCUT2D eigenvalue weighted by Crippen LogP contribution is -2.00. The van der Waals surface area contributed by atoms with E-state index in [1.54, 1.807) is 12.1 Å². The van der Waals surface area contributed by atoms with E-state index in [0.717, 1.165) is 4.90 Å². The molecule has 0 radical (unpaired) electrons. The van der Waals surface area contributed by atoms with Crippen LogP contribution in [0.25, 0.3) is 0 Å². The third-order valence-corrected chi connectivity index (χ3v) is 2.91. The Bertz CT molecular complexity index is 390. The highest BCUT2D eigenvalue weighted by atomic mass is 32.2. The summed E-state index contributed by atoms with van der Waals surface area (Å²) in [6, 6.07) is 4.07. The van der Waals surface area contributed by atoms with Crippen LogP contribution in [-0.4, -0.2) is 16.3 Å². The van der Waals surface area contributed by atoms with Crippen LogP contribution in [0.15, 0.2) is 35.7 Å². The standard InChI is InChI=1S/C11H11FO2S/c1-3-7(2)15-8-4-5-10(12)9(6-8)11(13)14/h3-7H,1H2,2H3,(H,13,14). The zero-order chi connectivity index (χ0) is 11.4. The number of rotatable bonds is 4. The maximum Gasteiger partial charge on any atom is 0.338 e. The number of thioether (sulfide) groups is 1. The molecule has 4 heteroatoms. The van der Waals surface area contributed by atoms with Crippen LogP contribution in [0, 0.1) is 5.82 Å². The van der Waals surface area contributed by atoms with Gasteiger partial charge in [-0.15, -0.1) is 18.3 Å². The number of carbonyl (C=O) groups is 1. The molecule has 1 aromatic carbocycles. The van der Waals surface area contributed by atoms with Crippen molar-refractivity contribution in [2.75, 3.05) is 0 Å². The Labute approximate surface area is 91.8 Å². The number of hydrogen-bond donors (Lipinski definition) is 1. The molecule has 1 N–H and O–H groups in total. The molecule has 0 aliphatic rings. The Kier molecular flexibility index (Phi) is 3.91. The summed E-state index contributed by atoms with van der Waals surface area (Å²) in [7, 11) is 0. The average molecular weight is 226 g/mol. The van der Waals surface area contributed by atoms with Gasteiger partial charge in [-0.2, -0.15) is 0 Å². The fourth-order valence-corrected chi connectivity index (χ4v) is 1.86. The van der Waals surface area contributed by atoms with Gasteiger partial charge in [-0.25, -0.2) is 9.18 Å². The smallest absolute Gasteiger partial charge is 0.338 e. The molecule has 1 atom stereocenters. The average Bonchev–Trinajstić information content (AvgIpc) is 2.20. The second kappa shape index (κ2) is 4.98. The molecule has 15 heavy (non-hydrogen) atoms. The first-order valence-electron chi connectivity index (χ1n) is 4.36. The van der Waals surface area contributed by atoms with Crippen LogP contribution < -0.4 is 0 Å². The highest BCUT2D eigenvalue weighted by Gasteiger charge is 2.11. The normalized spacial score (nSPS) is 12.1. The van der Waals surface area contributed by atoms with Gasteiger partial charge in [0.15, 0.2) is 0 Å². The third-order valence-electron chi connectivity index (χ3n) is 1.82. The van der Waals surface area contributed by atoms with Crippen molar-refractivity contribution in [3.8, 4) is 0 Å². The molecule has 2 nitrogen and oxygen atoms in total. The minimum absolute atomic E-state index is 0.164. The molecule has 0 aromatic heterocycles. The van der Waals surface area contributed by atoms with Crippen LogP contribution in [0.4, 0.5) is 4.39 Å². The summed E-state index contributed by atoms with van der Waals surface area (Å²) in [5.41, 5.74) is -0.295. The summed E-state index contributed by atoms with van der Waals surface area (Å²) < 4.78 is 13.0. The molecule has 0 aliphatic heterocycles. The van der Waals surface area contributed by atoms with E-state index in [0.29, 0.717) is 0 Å². The fraction of sp³-hybridized carbons (Fsp3) is 0.182. The largest absolute Gasteiger partial charge is 0.478 e. The molecule has 80 valence electrons. The Morgan fingerprint density at radius 1 is 1.67 bits per heavy atom. The van der Waals surface area contributed by atoms with Crippen LogP contribution >= 0.6 is 11.8 Å². The van der Waals surface area contributed by atoms with Crippen molar-refractivity contribution in [2.24, 2.45) is 0 Å². The SMILES string of the molecule is C=CC(C)Sc1ccc(F)c(C(=O)O)c1. The second-order valence-electron chi connectivity index (χ2n) is 3.01. The number of carboxylic acid groups (broad SMARTS) is 1. The second-order valence-corrected chi connectivity index (χ2v) is 4.46. The minimum atomic E-state index is -1.25. The zero-order valence-corrected chi connectivity index (χ0v) is 9.05. The lowest BCUT2D eigenvalue weighted by molar-refractivity contribution is 0.0691. The molecule has 0 saturated heterocycles. The third kappa shape index (κ3) is 3.09. The maximum absolute atomic E-state index is 13.0. The highest BCUT2D eigenvalue weighted by Crippen LogP contribution is 2.25. The molecule has 1 aromatic rings. The quantitative estimate of drug-likeness (QED) is 0.632. The first kappa shape index (κ1) is 11.8.